The fourth-order valence-corrected chi connectivity index (χ4v) is 4.49. The molecule has 1 amide bonds. The summed E-state index contributed by atoms with van der Waals surface area (Å²) in [5.41, 5.74) is 1.78. The highest BCUT2D eigenvalue weighted by Gasteiger charge is 2.47. The Hall–Kier alpha value is -2.06. The van der Waals surface area contributed by atoms with Gasteiger partial charge in [0.2, 0.25) is 5.28 Å². The molecule has 3 aromatic rings. The van der Waals surface area contributed by atoms with E-state index >= 15 is 0 Å². The summed E-state index contributed by atoms with van der Waals surface area (Å²) >= 11 is 8.42. The monoisotopic (exact) mass is 600 g/mol. The molecule has 1 aliphatic rings. The summed E-state index contributed by atoms with van der Waals surface area (Å²) in [6.45, 7) is 5.05. The highest BCUT2D eigenvalue weighted by atomic mass is 127. The van der Waals surface area contributed by atoms with Crippen LogP contribution in [0.2, 0.25) is 5.28 Å². The van der Waals surface area contributed by atoms with Gasteiger partial charge in [-0.1, -0.05) is 26.0 Å². The third-order valence-corrected chi connectivity index (χ3v) is 6.37. The van der Waals surface area contributed by atoms with Gasteiger partial charge >= 0.3 is 0 Å². The molecule has 1 fully saturated rings. The molecule has 0 bridgehead atoms. The molecule has 0 radical (unpaired) electrons. The second-order valence-corrected chi connectivity index (χ2v) is 10.1. The van der Waals surface area contributed by atoms with Gasteiger partial charge in [0.1, 0.15) is 12.2 Å². The van der Waals surface area contributed by atoms with Crippen LogP contribution in [0.1, 0.15) is 32.1 Å². The average Bonchev–Trinajstić information content (AvgIpc) is 3.32. The molecule has 4 N–H and O–H groups in total. The fourth-order valence-electron chi connectivity index (χ4n) is 3.72. The summed E-state index contributed by atoms with van der Waals surface area (Å²) in [6, 6.07) is 8.01. The number of carbonyl (C=O) groups excluding carboxylic acids is 1. The van der Waals surface area contributed by atoms with Crippen molar-refractivity contribution in [1.29, 1.82) is 0 Å². The molecule has 1 aliphatic heterocycles. The van der Waals surface area contributed by atoms with E-state index in [1.807, 2.05) is 38.1 Å². The van der Waals surface area contributed by atoms with Crippen molar-refractivity contribution < 1.29 is 19.7 Å². The van der Waals surface area contributed by atoms with Crippen LogP contribution in [0.5, 0.6) is 0 Å². The number of ether oxygens (including phenoxy) is 1. The summed E-state index contributed by atoms with van der Waals surface area (Å²) in [6.07, 6.45) is -2.85. The number of fused-ring (bicyclic) bond motifs is 1. The van der Waals surface area contributed by atoms with E-state index in [4.69, 9.17) is 16.3 Å². The minimum Gasteiger partial charge on any atom is -0.387 e. The number of hydrogen-bond donors (Lipinski definition) is 4. The molecular weight excluding hydrogens is 575 g/mol. The summed E-state index contributed by atoms with van der Waals surface area (Å²) in [5, 5.41) is 27.1. The first-order chi connectivity index (χ1) is 16.2. The van der Waals surface area contributed by atoms with E-state index < -0.39 is 30.4 Å². The number of nitrogens with zero attached hydrogens (tertiary/aromatic N) is 4. The lowest BCUT2D eigenvalue weighted by Crippen LogP contribution is -2.43. The first-order valence-electron chi connectivity index (χ1n) is 10.9. The minimum absolute atomic E-state index is 0.0181. The first-order valence-corrected chi connectivity index (χ1v) is 12.4. The molecule has 0 saturated carbocycles. The summed E-state index contributed by atoms with van der Waals surface area (Å²) in [4.78, 5) is 25.4. The Bertz CT molecular complexity index is 1180. The molecule has 182 valence electrons. The molecule has 2 aromatic heterocycles. The van der Waals surface area contributed by atoms with Crippen LogP contribution >= 0.6 is 34.2 Å². The number of hydrogen-bond acceptors (Lipinski definition) is 8. The predicted octanol–water partition coefficient (Wildman–Crippen LogP) is 2.48. The first kappa shape index (κ1) is 25.0. The van der Waals surface area contributed by atoms with E-state index in [-0.39, 0.29) is 5.28 Å². The molecule has 34 heavy (non-hydrogen) atoms. The lowest BCUT2D eigenvalue weighted by molar-refractivity contribution is -0.137. The number of aromatic nitrogens is 4. The lowest BCUT2D eigenvalue weighted by Gasteiger charge is -2.16. The van der Waals surface area contributed by atoms with Gasteiger partial charge in [0.05, 0.1) is 6.33 Å². The molecule has 3 heterocycles. The van der Waals surface area contributed by atoms with Gasteiger partial charge in [-0.3, -0.25) is 9.36 Å². The summed E-state index contributed by atoms with van der Waals surface area (Å²) in [5.74, 6) is 0.360. The predicted molar refractivity (Wildman–Crippen MR) is 135 cm³/mol. The molecule has 12 heteroatoms. The Labute approximate surface area is 215 Å². The van der Waals surface area contributed by atoms with Crippen molar-refractivity contribution in [2.45, 2.75) is 51.4 Å². The number of anilines is 1. The molecule has 1 aromatic carbocycles. The normalized spacial score (nSPS) is 22.4. The van der Waals surface area contributed by atoms with Gasteiger partial charge in [-0.15, -0.1) is 0 Å². The molecule has 0 spiro atoms. The third-order valence-electron chi connectivity index (χ3n) is 5.53. The van der Waals surface area contributed by atoms with Gasteiger partial charge in [0, 0.05) is 16.7 Å². The Morgan fingerprint density at radius 1 is 1.29 bits per heavy atom. The van der Waals surface area contributed by atoms with Crippen LogP contribution in [0.15, 0.2) is 30.6 Å². The Kier molecular flexibility index (Phi) is 7.87. The van der Waals surface area contributed by atoms with E-state index in [0.29, 0.717) is 36.0 Å². The molecular formula is C22H26ClIN6O4. The van der Waals surface area contributed by atoms with Crippen molar-refractivity contribution in [2.24, 2.45) is 5.92 Å². The molecule has 0 aliphatic carbocycles. The van der Waals surface area contributed by atoms with Crippen LogP contribution < -0.4 is 10.6 Å². The van der Waals surface area contributed by atoms with E-state index in [1.54, 1.807) is 0 Å². The zero-order valence-electron chi connectivity index (χ0n) is 18.7. The van der Waals surface area contributed by atoms with E-state index in [2.05, 4.69) is 48.2 Å². The maximum atomic E-state index is 12.5. The topological polar surface area (TPSA) is 134 Å². The SMILES string of the molecule is CC(C)CCNC(=O)[C@H]1O[C@@H](n2cnc3c(NCc4cccc(I)c4)nc(Cl)nc32)[C@H](O)[C@@H]1O. The van der Waals surface area contributed by atoms with Gasteiger partial charge in [0.25, 0.3) is 5.91 Å². The van der Waals surface area contributed by atoms with Gasteiger partial charge in [-0.05, 0) is 64.2 Å². The molecule has 1 saturated heterocycles. The van der Waals surface area contributed by atoms with Crippen LogP contribution in [0.25, 0.3) is 11.2 Å². The molecule has 4 rings (SSSR count). The van der Waals surface area contributed by atoms with Crippen molar-refractivity contribution >= 4 is 57.1 Å². The summed E-state index contributed by atoms with van der Waals surface area (Å²) in [7, 11) is 0. The van der Waals surface area contributed by atoms with Crippen molar-refractivity contribution in [2.75, 3.05) is 11.9 Å². The number of carbonyl (C=O) groups is 1. The second-order valence-electron chi connectivity index (χ2n) is 8.55. The summed E-state index contributed by atoms with van der Waals surface area (Å²) < 4.78 is 8.33. The Morgan fingerprint density at radius 2 is 2.09 bits per heavy atom. The number of aliphatic hydroxyl groups excluding tert-OH is 2. The number of imidazole rings is 1. The van der Waals surface area contributed by atoms with Crippen LogP contribution in [-0.4, -0.2) is 60.5 Å². The van der Waals surface area contributed by atoms with Crippen molar-refractivity contribution in [3.05, 3.63) is 45.0 Å². The number of nitrogens with one attached hydrogen (secondary N) is 2. The highest BCUT2D eigenvalue weighted by Crippen LogP contribution is 2.33. The van der Waals surface area contributed by atoms with Crippen LogP contribution in [0.3, 0.4) is 0 Å². The van der Waals surface area contributed by atoms with Crippen molar-refractivity contribution in [3.63, 3.8) is 0 Å². The van der Waals surface area contributed by atoms with E-state index in [1.165, 1.54) is 10.9 Å². The van der Waals surface area contributed by atoms with Gasteiger partial charge in [-0.25, -0.2) is 4.98 Å². The lowest BCUT2D eigenvalue weighted by atomic mass is 10.1. The van der Waals surface area contributed by atoms with Crippen LogP contribution in [0.4, 0.5) is 5.82 Å². The van der Waals surface area contributed by atoms with Gasteiger partial charge in [0.15, 0.2) is 29.3 Å². The number of halogens is 2. The Balaban J connectivity index is 1.54. The van der Waals surface area contributed by atoms with E-state index in [0.717, 1.165) is 15.6 Å². The van der Waals surface area contributed by atoms with Gasteiger partial charge < -0.3 is 25.6 Å². The number of benzene rings is 1. The number of amides is 1. The average molecular weight is 601 g/mol. The highest BCUT2D eigenvalue weighted by molar-refractivity contribution is 14.1. The third kappa shape index (κ3) is 5.43. The number of aliphatic hydroxyl groups is 2. The quantitative estimate of drug-likeness (QED) is 0.229. The van der Waals surface area contributed by atoms with Crippen molar-refractivity contribution in [3.8, 4) is 0 Å². The maximum Gasteiger partial charge on any atom is 0.252 e. The second kappa shape index (κ2) is 10.7. The molecule has 4 atom stereocenters. The number of rotatable bonds is 8. The zero-order valence-corrected chi connectivity index (χ0v) is 21.6. The van der Waals surface area contributed by atoms with E-state index in [9.17, 15) is 15.0 Å². The van der Waals surface area contributed by atoms with Crippen molar-refractivity contribution in [1.82, 2.24) is 24.8 Å². The minimum atomic E-state index is -1.41. The van der Waals surface area contributed by atoms with Crippen LogP contribution in [0, 0.1) is 9.49 Å². The van der Waals surface area contributed by atoms with Gasteiger partial charge in [-0.2, -0.15) is 9.97 Å². The smallest absolute Gasteiger partial charge is 0.252 e. The molecule has 10 nitrogen and oxygen atoms in total. The molecule has 0 unspecified atom stereocenters. The van der Waals surface area contributed by atoms with Crippen LogP contribution in [-0.2, 0) is 16.1 Å². The standard InChI is InChI=1S/C22H26ClIN6O4/c1-11(2)6-7-25-20(33)17-15(31)16(32)21(34-17)30-10-27-14-18(28-22(23)29-19(14)30)26-9-12-4-3-5-13(24)8-12/h3-5,8,10-11,15-17,21,31-32H,6-7,9H2,1-2H3,(H,25,33)(H,26,28,29)/t15-,16+,17-,21+/m0/s1. The Morgan fingerprint density at radius 3 is 2.82 bits per heavy atom. The largest absolute Gasteiger partial charge is 0.387 e. The maximum absolute atomic E-state index is 12.5. The fraction of sp³-hybridized carbons (Fsp3) is 0.455. The zero-order chi connectivity index (χ0) is 24.4.